The van der Waals surface area contributed by atoms with Gasteiger partial charge in [0, 0.05) is 18.8 Å². The highest BCUT2D eigenvalue weighted by molar-refractivity contribution is 6.35. The van der Waals surface area contributed by atoms with Gasteiger partial charge in [-0.1, -0.05) is 17.7 Å². The van der Waals surface area contributed by atoms with Gasteiger partial charge in [-0.3, -0.25) is 19.9 Å². The molecule has 156 valence electrons. The minimum atomic E-state index is -1.59. The number of halogens is 1. The summed E-state index contributed by atoms with van der Waals surface area (Å²) < 4.78 is 11.0. The topological polar surface area (TPSA) is 113 Å². The van der Waals surface area contributed by atoms with Crippen molar-refractivity contribution < 1.29 is 23.5 Å². The maximum Gasteiger partial charge on any atom is 0.322 e. The summed E-state index contributed by atoms with van der Waals surface area (Å²) in [5.41, 5.74) is -0.0255. The van der Waals surface area contributed by atoms with E-state index in [9.17, 15) is 14.4 Å². The Hall–Kier alpha value is -3.33. The van der Waals surface area contributed by atoms with Crippen molar-refractivity contribution in [1.82, 2.24) is 15.5 Å². The third-order valence-electron chi connectivity index (χ3n) is 5.23. The molecule has 1 fully saturated rings. The number of nitrogens with one attached hydrogen (secondary N) is 2. The van der Waals surface area contributed by atoms with Crippen molar-refractivity contribution in [3.05, 3.63) is 45.9 Å². The molecule has 0 saturated carbocycles. The first-order valence-electron chi connectivity index (χ1n) is 9.18. The lowest BCUT2D eigenvalue weighted by Gasteiger charge is -2.29. The van der Waals surface area contributed by atoms with Gasteiger partial charge in [0.2, 0.25) is 0 Å². The van der Waals surface area contributed by atoms with Crippen molar-refractivity contribution >= 4 is 41.3 Å². The number of nitrogens with zero attached hydrogens (tertiary/aromatic N) is 2. The second-order valence-corrected chi connectivity index (χ2v) is 7.41. The Balaban J connectivity index is 1.73. The van der Waals surface area contributed by atoms with Crippen LogP contribution in [0.1, 0.15) is 34.4 Å². The number of ether oxygens (including phenoxy) is 1. The van der Waals surface area contributed by atoms with Gasteiger partial charge in [-0.05, 0) is 25.5 Å². The number of hydrogen-bond acceptors (Lipinski definition) is 6. The molecule has 4 amide bonds. The third kappa shape index (κ3) is 2.93. The van der Waals surface area contributed by atoms with Crippen molar-refractivity contribution in [2.24, 2.45) is 4.99 Å². The molecule has 0 spiro atoms. The van der Waals surface area contributed by atoms with E-state index in [4.69, 9.17) is 20.8 Å². The van der Waals surface area contributed by atoms with E-state index < -0.39 is 17.5 Å². The van der Waals surface area contributed by atoms with E-state index in [2.05, 4.69) is 15.6 Å². The fraction of sp³-hybridized carbons (Fsp3) is 0.300. The number of methoxy groups -OCH3 is 1. The quantitative estimate of drug-likeness (QED) is 0.559. The molecule has 4 rings (SSSR count). The van der Waals surface area contributed by atoms with E-state index in [1.807, 2.05) is 0 Å². The number of carbonyl (C=O) groups excluding carboxylic acids is 3. The van der Waals surface area contributed by atoms with Crippen LogP contribution in [0.5, 0.6) is 5.75 Å². The number of benzene rings is 1. The van der Waals surface area contributed by atoms with Crippen molar-refractivity contribution in [3.63, 3.8) is 0 Å². The number of aliphatic imine (C=N–C) groups is 1. The zero-order valence-electron chi connectivity index (χ0n) is 16.5. The number of furan rings is 1. The first-order chi connectivity index (χ1) is 14.3. The molecular formula is C20H19ClN4O5. The molecule has 10 heteroatoms. The Morgan fingerprint density at radius 1 is 1.37 bits per heavy atom. The zero-order valence-corrected chi connectivity index (χ0v) is 17.3. The van der Waals surface area contributed by atoms with Gasteiger partial charge < -0.3 is 19.4 Å². The smallest absolute Gasteiger partial charge is 0.322 e. The first kappa shape index (κ1) is 20.0. The zero-order chi connectivity index (χ0) is 21.6. The Morgan fingerprint density at radius 3 is 2.77 bits per heavy atom. The average Bonchev–Trinajstić information content (AvgIpc) is 3.31. The SMILES string of the molecule is CC=Nc1cc([C@]2(CN3Cc4ccc(OC)c(Cl)c4C3=O)NC(=O)NC2=O)oc1C. The number of fused-ring (bicyclic) bond motifs is 1. The van der Waals surface area contributed by atoms with Crippen LogP contribution in [0.4, 0.5) is 10.5 Å². The molecule has 0 unspecified atom stereocenters. The predicted molar refractivity (Wildman–Crippen MR) is 108 cm³/mol. The number of rotatable bonds is 5. The Morgan fingerprint density at radius 2 is 2.13 bits per heavy atom. The van der Waals surface area contributed by atoms with Gasteiger partial charge >= 0.3 is 6.03 Å². The average molecular weight is 431 g/mol. The summed E-state index contributed by atoms with van der Waals surface area (Å²) in [7, 11) is 1.47. The number of amides is 4. The molecule has 0 radical (unpaired) electrons. The summed E-state index contributed by atoms with van der Waals surface area (Å²) >= 11 is 6.34. The fourth-order valence-corrected chi connectivity index (χ4v) is 4.11. The molecule has 2 N–H and O–H groups in total. The first-order valence-corrected chi connectivity index (χ1v) is 9.56. The van der Waals surface area contributed by atoms with Crippen molar-refractivity contribution in [2.75, 3.05) is 13.7 Å². The fourth-order valence-electron chi connectivity index (χ4n) is 3.77. The van der Waals surface area contributed by atoms with Crippen LogP contribution in [0, 0.1) is 6.92 Å². The normalized spacial score (nSPS) is 20.7. The van der Waals surface area contributed by atoms with E-state index in [1.54, 1.807) is 38.3 Å². The minimum absolute atomic E-state index is 0.140. The van der Waals surface area contributed by atoms with Crippen LogP contribution in [0.2, 0.25) is 5.02 Å². The van der Waals surface area contributed by atoms with Crippen molar-refractivity contribution in [2.45, 2.75) is 25.9 Å². The maximum absolute atomic E-state index is 13.1. The summed E-state index contributed by atoms with van der Waals surface area (Å²) in [6, 6.07) is 4.36. The van der Waals surface area contributed by atoms with Crippen LogP contribution in [-0.2, 0) is 16.9 Å². The molecule has 2 aliphatic heterocycles. The summed E-state index contributed by atoms with van der Waals surface area (Å²) in [5, 5.41) is 5.08. The molecule has 0 aliphatic carbocycles. The number of carbonyl (C=O) groups is 3. The second-order valence-electron chi connectivity index (χ2n) is 7.03. The highest BCUT2D eigenvalue weighted by Crippen LogP contribution is 2.39. The summed E-state index contributed by atoms with van der Waals surface area (Å²) in [6.07, 6.45) is 1.59. The number of imide groups is 1. The highest BCUT2D eigenvalue weighted by Gasteiger charge is 2.53. The lowest BCUT2D eigenvalue weighted by Crippen LogP contribution is -2.52. The molecule has 9 nitrogen and oxygen atoms in total. The van der Waals surface area contributed by atoms with Gasteiger partial charge in [-0.25, -0.2) is 4.79 Å². The predicted octanol–water partition coefficient (Wildman–Crippen LogP) is 2.66. The summed E-state index contributed by atoms with van der Waals surface area (Å²) in [5.74, 6) is 0.0885. The standard InChI is InChI=1S/C20H19ClN4O5/c1-4-22-12-7-14(30-10(12)2)20(18(27)23-19(28)24-20)9-25-8-11-5-6-13(29-3)16(21)15(11)17(25)26/h4-7H,8-9H2,1-3H3,(H2,23,24,27,28)/t20-/m0/s1. The van der Waals surface area contributed by atoms with Crippen LogP contribution in [0.25, 0.3) is 0 Å². The van der Waals surface area contributed by atoms with Gasteiger partial charge in [0.25, 0.3) is 11.8 Å². The van der Waals surface area contributed by atoms with Crippen LogP contribution < -0.4 is 15.4 Å². The van der Waals surface area contributed by atoms with E-state index >= 15 is 0 Å². The van der Waals surface area contributed by atoms with Gasteiger partial charge in [-0.15, -0.1) is 0 Å². The summed E-state index contributed by atoms with van der Waals surface area (Å²) in [6.45, 7) is 3.54. The Bertz CT molecular complexity index is 1110. The van der Waals surface area contributed by atoms with E-state index in [0.29, 0.717) is 28.3 Å². The summed E-state index contributed by atoms with van der Waals surface area (Å²) in [4.78, 5) is 43.6. The van der Waals surface area contributed by atoms with E-state index in [-0.39, 0.29) is 29.8 Å². The number of aryl methyl sites for hydroxylation is 1. The Labute approximate surface area is 177 Å². The van der Waals surface area contributed by atoms with Crippen LogP contribution in [0.15, 0.2) is 27.6 Å². The second kappa shape index (κ2) is 7.17. The molecule has 30 heavy (non-hydrogen) atoms. The lowest BCUT2D eigenvalue weighted by molar-refractivity contribution is -0.125. The van der Waals surface area contributed by atoms with Crippen LogP contribution in [0.3, 0.4) is 0 Å². The molecule has 2 aliphatic rings. The monoisotopic (exact) mass is 430 g/mol. The van der Waals surface area contributed by atoms with E-state index in [0.717, 1.165) is 0 Å². The third-order valence-corrected chi connectivity index (χ3v) is 5.60. The van der Waals surface area contributed by atoms with Crippen molar-refractivity contribution in [1.29, 1.82) is 0 Å². The molecule has 1 saturated heterocycles. The van der Waals surface area contributed by atoms with Gasteiger partial charge in [0.15, 0.2) is 5.54 Å². The molecular weight excluding hydrogens is 412 g/mol. The minimum Gasteiger partial charge on any atom is -0.495 e. The number of hydrogen-bond donors (Lipinski definition) is 2. The maximum atomic E-state index is 13.1. The molecule has 1 atom stereocenters. The molecule has 3 heterocycles. The van der Waals surface area contributed by atoms with Gasteiger partial charge in [-0.2, -0.15) is 0 Å². The van der Waals surface area contributed by atoms with Gasteiger partial charge in [0.1, 0.15) is 23.0 Å². The molecule has 1 aromatic carbocycles. The lowest BCUT2D eigenvalue weighted by atomic mass is 9.95. The van der Waals surface area contributed by atoms with Crippen LogP contribution >= 0.6 is 11.6 Å². The highest BCUT2D eigenvalue weighted by atomic mass is 35.5. The van der Waals surface area contributed by atoms with Crippen molar-refractivity contribution in [3.8, 4) is 5.75 Å². The molecule has 0 bridgehead atoms. The molecule has 1 aromatic heterocycles. The molecule has 2 aromatic rings. The Kier molecular flexibility index (Phi) is 4.77. The van der Waals surface area contributed by atoms with E-state index in [1.165, 1.54) is 12.0 Å². The van der Waals surface area contributed by atoms with Crippen LogP contribution in [-0.4, -0.2) is 42.6 Å². The largest absolute Gasteiger partial charge is 0.495 e. The van der Waals surface area contributed by atoms with Gasteiger partial charge in [0.05, 0.1) is 24.2 Å². The number of urea groups is 1.